The Hall–Kier alpha value is -2.20. The number of benzene rings is 1. The second kappa shape index (κ2) is 5.67. The zero-order valence-electron chi connectivity index (χ0n) is 14.4. The number of pyridine rings is 1. The highest BCUT2D eigenvalue weighted by Crippen LogP contribution is 2.48. The lowest BCUT2D eigenvalue weighted by Crippen LogP contribution is -2.43. The predicted octanol–water partition coefficient (Wildman–Crippen LogP) is 2.98. The Balaban J connectivity index is 1.43. The largest absolute Gasteiger partial charge is 0.311 e. The number of hydrogen-bond donors (Lipinski definition) is 0. The minimum Gasteiger partial charge on any atom is -0.311 e. The molecule has 3 heterocycles. The smallest absolute Gasteiger partial charge is 0.239 e. The number of hydrogen-bond acceptors (Lipinski definition) is 3. The van der Waals surface area contributed by atoms with Gasteiger partial charge in [-0.25, -0.2) is 0 Å². The Morgan fingerprint density at radius 3 is 2.84 bits per heavy atom. The first kappa shape index (κ1) is 15.1. The van der Waals surface area contributed by atoms with Gasteiger partial charge in [0.25, 0.3) is 0 Å². The van der Waals surface area contributed by atoms with E-state index >= 15 is 0 Å². The lowest BCUT2D eigenvalue weighted by Gasteiger charge is -2.24. The number of carbonyl (C=O) groups is 1. The van der Waals surface area contributed by atoms with Gasteiger partial charge in [-0.3, -0.25) is 14.7 Å². The summed E-state index contributed by atoms with van der Waals surface area (Å²) in [5, 5.41) is 0. The maximum atomic E-state index is 13.4. The van der Waals surface area contributed by atoms with Crippen molar-refractivity contribution in [3.05, 3.63) is 59.9 Å². The molecule has 0 N–H and O–H groups in total. The summed E-state index contributed by atoms with van der Waals surface area (Å²) in [5.41, 5.74) is 3.28. The number of nitrogens with zero attached hydrogens (tertiary/aromatic N) is 3. The normalized spacial score (nSPS) is 25.8. The van der Waals surface area contributed by atoms with E-state index in [1.807, 2.05) is 18.5 Å². The van der Waals surface area contributed by atoms with Gasteiger partial charge in [-0.2, -0.15) is 0 Å². The quantitative estimate of drug-likeness (QED) is 0.863. The molecule has 2 aromatic rings. The van der Waals surface area contributed by atoms with Crippen LogP contribution in [0.4, 0.5) is 5.69 Å². The molecule has 1 amide bonds. The Bertz CT molecular complexity index is 802. The van der Waals surface area contributed by atoms with Crippen LogP contribution in [0.15, 0.2) is 48.8 Å². The topological polar surface area (TPSA) is 36.4 Å². The Labute approximate surface area is 148 Å². The van der Waals surface area contributed by atoms with Crippen molar-refractivity contribution in [3.8, 4) is 0 Å². The van der Waals surface area contributed by atoms with Crippen LogP contribution in [0.5, 0.6) is 0 Å². The van der Waals surface area contributed by atoms with Crippen LogP contribution >= 0.6 is 0 Å². The molecule has 1 aromatic heterocycles. The van der Waals surface area contributed by atoms with E-state index in [2.05, 4.69) is 45.1 Å². The fraction of sp³-hybridized carbons (Fsp3) is 0.429. The van der Waals surface area contributed by atoms with Crippen molar-refractivity contribution in [1.82, 2.24) is 9.88 Å². The molecule has 0 radical (unpaired) electrons. The van der Waals surface area contributed by atoms with Crippen molar-refractivity contribution in [1.29, 1.82) is 0 Å². The number of para-hydroxylation sites is 1. The van der Waals surface area contributed by atoms with Crippen LogP contribution in [-0.4, -0.2) is 35.4 Å². The molecule has 25 heavy (non-hydrogen) atoms. The van der Waals surface area contributed by atoms with Crippen LogP contribution in [-0.2, 0) is 16.8 Å². The summed E-state index contributed by atoms with van der Waals surface area (Å²) in [4.78, 5) is 22.1. The van der Waals surface area contributed by atoms with E-state index in [0.29, 0.717) is 11.8 Å². The first-order valence-electron chi connectivity index (χ1n) is 9.29. The Kier molecular flexibility index (Phi) is 3.42. The zero-order chi connectivity index (χ0) is 16.9. The van der Waals surface area contributed by atoms with E-state index in [1.54, 1.807) is 0 Å². The fourth-order valence-electron chi connectivity index (χ4n) is 4.50. The molecule has 1 saturated carbocycles. The average Bonchev–Trinajstić information content (AvgIpc) is 3.33. The number of amides is 1. The van der Waals surface area contributed by atoms with Crippen molar-refractivity contribution in [2.75, 3.05) is 24.5 Å². The molecule has 2 aliphatic heterocycles. The van der Waals surface area contributed by atoms with Crippen LogP contribution in [0.25, 0.3) is 0 Å². The van der Waals surface area contributed by atoms with Crippen molar-refractivity contribution >= 4 is 11.6 Å². The molecular formula is C21H23N3O. The van der Waals surface area contributed by atoms with Crippen molar-refractivity contribution in [3.63, 3.8) is 0 Å². The molecule has 4 nitrogen and oxygen atoms in total. The number of rotatable bonds is 4. The first-order chi connectivity index (χ1) is 12.3. The van der Waals surface area contributed by atoms with Gasteiger partial charge in [-0.15, -0.1) is 0 Å². The van der Waals surface area contributed by atoms with Gasteiger partial charge in [0.05, 0.1) is 5.41 Å². The van der Waals surface area contributed by atoms with E-state index in [-0.39, 0.29) is 5.41 Å². The molecule has 5 rings (SSSR count). The second-order valence-electron chi connectivity index (χ2n) is 7.78. The molecule has 1 aliphatic carbocycles. The number of likely N-dealkylation sites (tertiary alicyclic amines) is 1. The molecule has 1 atom stereocenters. The monoisotopic (exact) mass is 333 g/mol. The molecule has 0 unspecified atom stereocenters. The third-order valence-electron chi connectivity index (χ3n) is 5.98. The van der Waals surface area contributed by atoms with E-state index < -0.39 is 0 Å². The highest BCUT2D eigenvalue weighted by atomic mass is 16.2. The minimum atomic E-state index is -0.340. The molecule has 0 bridgehead atoms. The first-order valence-corrected chi connectivity index (χ1v) is 9.29. The van der Waals surface area contributed by atoms with Crippen LogP contribution in [0.3, 0.4) is 0 Å². The van der Waals surface area contributed by atoms with Crippen LogP contribution < -0.4 is 4.90 Å². The third kappa shape index (κ3) is 2.47. The van der Waals surface area contributed by atoms with Gasteiger partial charge in [-0.05, 0) is 55.0 Å². The predicted molar refractivity (Wildman–Crippen MR) is 97.3 cm³/mol. The fourth-order valence-corrected chi connectivity index (χ4v) is 4.50. The summed E-state index contributed by atoms with van der Waals surface area (Å²) in [6, 6.07) is 12.5. The maximum absolute atomic E-state index is 13.4. The molecule has 1 aromatic carbocycles. The van der Waals surface area contributed by atoms with Gasteiger partial charge in [0.15, 0.2) is 0 Å². The van der Waals surface area contributed by atoms with Crippen molar-refractivity contribution in [2.24, 2.45) is 5.92 Å². The van der Waals surface area contributed by atoms with Crippen molar-refractivity contribution in [2.45, 2.75) is 31.2 Å². The molecule has 128 valence electrons. The average molecular weight is 333 g/mol. The van der Waals surface area contributed by atoms with Crippen molar-refractivity contribution < 1.29 is 4.79 Å². The third-order valence-corrected chi connectivity index (χ3v) is 5.98. The number of fused-ring (bicyclic) bond motifs is 2. The summed E-state index contributed by atoms with van der Waals surface area (Å²) in [6.45, 7) is 3.55. The van der Waals surface area contributed by atoms with Gasteiger partial charge in [-0.1, -0.05) is 24.3 Å². The highest BCUT2D eigenvalue weighted by molar-refractivity contribution is 6.08. The highest BCUT2D eigenvalue weighted by Gasteiger charge is 2.54. The lowest BCUT2D eigenvalue weighted by atomic mass is 9.81. The molecule has 3 aliphatic rings. The summed E-state index contributed by atoms with van der Waals surface area (Å²) in [6.07, 6.45) is 7.19. The molecule has 1 spiro atoms. The molecule has 1 saturated heterocycles. The number of anilines is 1. The van der Waals surface area contributed by atoms with Crippen LogP contribution in [0.1, 0.15) is 30.4 Å². The van der Waals surface area contributed by atoms with Gasteiger partial charge in [0, 0.05) is 37.7 Å². The zero-order valence-corrected chi connectivity index (χ0v) is 14.4. The summed E-state index contributed by atoms with van der Waals surface area (Å²) in [7, 11) is 0. The summed E-state index contributed by atoms with van der Waals surface area (Å²) >= 11 is 0. The van der Waals surface area contributed by atoms with Gasteiger partial charge >= 0.3 is 0 Å². The van der Waals surface area contributed by atoms with E-state index in [9.17, 15) is 4.79 Å². The van der Waals surface area contributed by atoms with E-state index in [1.165, 1.54) is 24.0 Å². The second-order valence-corrected chi connectivity index (χ2v) is 7.78. The van der Waals surface area contributed by atoms with E-state index in [4.69, 9.17) is 0 Å². The lowest BCUT2D eigenvalue weighted by molar-refractivity contribution is -0.122. The summed E-state index contributed by atoms with van der Waals surface area (Å²) in [5.74, 6) is 1.04. The minimum absolute atomic E-state index is 0.328. The standard InChI is InChI=1S/C21H23N3O/c25-20-21(9-11-23(15-21)13-17-4-3-10-22-12-17)18-5-1-2-6-19(18)24(20)14-16-7-8-16/h1-6,10,12,16H,7-9,11,13-15H2/t21-/m1/s1. The molecule has 4 heteroatoms. The van der Waals surface area contributed by atoms with Gasteiger partial charge in [0.2, 0.25) is 5.91 Å². The number of carbonyl (C=O) groups excluding carboxylic acids is 1. The Morgan fingerprint density at radius 1 is 1.16 bits per heavy atom. The van der Waals surface area contributed by atoms with Crippen LogP contribution in [0, 0.1) is 5.92 Å². The molecular weight excluding hydrogens is 310 g/mol. The SMILES string of the molecule is O=C1N(CC2CC2)c2ccccc2[C@]12CCN(Cc1cccnc1)C2. The van der Waals surface area contributed by atoms with Gasteiger partial charge < -0.3 is 4.90 Å². The van der Waals surface area contributed by atoms with Gasteiger partial charge in [0.1, 0.15) is 0 Å². The number of aromatic nitrogens is 1. The summed E-state index contributed by atoms with van der Waals surface area (Å²) < 4.78 is 0. The van der Waals surface area contributed by atoms with Crippen LogP contribution in [0.2, 0.25) is 0 Å². The van der Waals surface area contributed by atoms with E-state index in [0.717, 1.165) is 38.3 Å². The maximum Gasteiger partial charge on any atom is 0.239 e. The Morgan fingerprint density at radius 2 is 2.04 bits per heavy atom. The molecule has 2 fully saturated rings.